The minimum absolute atomic E-state index is 0. The van der Waals surface area contributed by atoms with Crippen molar-refractivity contribution in [2.24, 2.45) is 5.73 Å². The molecule has 18 heavy (non-hydrogen) atoms. The van der Waals surface area contributed by atoms with Crippen LogP contribution in [0.1, 0.15) is 18.0 Å². The van der Waals surface area contributed by atoms with Crippen LogP contribution in [0.15, 0.2) is 36.4 Å². The molecule has 2 rings (SSSR count). The van der Waals surface area contributed by atoms with E-state index in [1.54, 1.807) is 7.11 Å². The average Bonchev–Trinajstić information content (AvgIpc) is 2.37. The Morgan fingerprint density at radius 3 is 2.56 bits per heavy atom. The first-order chi connectivity index (χ1) is 8.24. The zero-order valence-corrected chi connectivity index (χ0v) is 10.9. The van der Waals surface area contributed by atoms with Gasteiger partial charge in [0.25, 0.3) is 0 Å². The minimum atomic E-state index is -0.216. The second-order valence-corrected chi connectivity index (χ2v) is 3.94. The second-order valence-electron chi connectivity index (χ2n) is 3.94. The van der Waals surface area contributed by atoms with Crippen LogP contribution < -0.4 is 10.5 Å². The van der Waals surface area contributed by atoms with Gasteiger partial charge >= 0.3 is 0 Å². The van der Waals surface area contributed by atoms with Crippen molar-refractivity contribution in [3.63, 3.8) is 0 Å². The fourth-order valence-corrected chi connectivity index (χ4v) is 1.82. The molecule has 0 aliphatic rings. The highest BCUT2D eigenvalue weighted by atomic mass is 35.5. The first-order valence-electron chi connectivity index (χ1n) is 5.45. The van der Waals surface area contributed by atoms with Crippen molar-refractivity contribution in [2.75, 3.05) is 7.11 Å². The third kappa shape index (κ3) is 2.92. The van der Waals surface area contributed by atoms with Gasteiger partial charge in [-0.2, -0.15) is 5.26 Å². The first kappa shape index (κ1) is 14.3. The van der Waals surface area contributed by atoms with E-state index >= 15 is 0 Å². The quantitative estimate of drug-likeness (QED) is 0.924. The number of nitrogens with two attached hydrogens (primary N) is 1. The Balaban J connectivity index is 0.00000162. The molecule has 3 nitrogen and oxygen atoms in total. The van der Waals surface area contributed by atoms with Crippen LogP contribution in [-0.4, -0.2) is 7.11 Å². The highest BCUT2D eigenvalue weighted by Gasteiger charge is 2.06. The molecule has 0 fully saturated rings. The third-order valence-electron chi connectivity index (χ3n) is 2.81. The summed E-state index contributed by atoms with van der Waals surface area (Å²) in [5, 5.41) is 10.8. The van der Waals surface area contributed by atoms with Crippen LogP contribution in [0, 0.1) is 11.3 Å². The van der Waals surface area contributed by atoms with Gasteiger partial charge in [0.15, 0.2) is 0 Å². The smallest absolute Gasteiger partial charge is 0.119 e. The van der Waals surface area contributed by atoms with E-state index in [-0.39, 0.29) is 18.4 Å². The Morgan fingerprint density at radius 1 is 1.22 bits per heavy atom. The molecule has 0 bridgehead atoms. The van der Waals surface area contributed by atoms with Crippen molar-refractivity contribution in [1.82, 2.24) is 0 Å². The van der Waals surface area contributed by atoms with Crippen molar-refractivity contribution in [3.8, 4) is 11.8 Å². The van der Waals surface area contributed by atoms with Gasteiger partial charge in [0.05, 0.1) is 19.6 Å². The topological polar surface area (TPSA) is 59.0 Å². The summed E-state index contributed by atoms with van der Waals surface area (Å²) < 4.78 is 5.17. The number of benzene rings is 2. The lowest BCUT2D eigenvalue weighted by Gasteiger charge is -2.09. The largest absolute Gasteiger partial charge is 0.497 e. The lowest BCUT2D eigenvalue weighted by molar-refractivity contribution is 0.415. The number of rotatable bonds is 3. The summed E-state index contributed by atoms with van der Waals surface area (Å²) >= 11 is 0. The zero-order chi connectivity index (χ0) is 12.3. The van der Waals surface area contributed by atoms with Crippen LogP contribution in [0.2, 0.25) is 0 Å². The number of fused-ring (bicyclic) bond motifs is 1. The summed E-state index contributed by atoms with van der Waals surface area (Å²) in [4.78, 5) is 0. The van der Waals surface area contributed by atoms with Gasteiger partial charge in [0.2, 0.25) is 0 Å². The van der Waals surface area contributed by atoms with E-state index in [9.17, 15) is 0 Å². The summed E-state index contributed by atoms with van der Waals surface area (Å²) in [7, 11) is 1.65. The van der Waals surface area contributed by atoms with Crippen molar-refractivity contribution >= 4 is 23.2 Å². The fraction of sp³-hybridized carbons (Fsp3) is 0.214. The molecule has 0 heterocycles. The molecule has 2 N–H and O–H groups in total. The molecule has 0 saturated heterocycles. The molecule has 94 valence electrons. The monoisotopic (exact) mass is 262 g/mol. The van der Waals surface area contributed by atoms with Crippen molar-refractivity contribution in [3.05, 3.63) is 42.0 Å². The van der Waals surface area contributed by atoms with E-state index in [4.69, 9.17) is 15.7 Å². The predicted molar refractivity (Wildman–Crippen MR) is 74.9 cm³/mol. The summed E-state index contributed by atoms with van der Waals surface area (Å²) in [6, 6.07) is 13.8. The number of hydrogen-bond donors (Lipinski definition) is 1. The van der Waals surface area contributed by atoms with Gasteiger partial charge in [0.1, 0.15) is 5.75 Å². The zero-order valence-electron chi connectivity index (χ0n) is 10.1. The Labute approximate surface area is 113 Å². The molecule has 0 spiro atoms. The number of nitriles is 1. The van der Waals surface area contributed by atoms with Gasteiger partial charge in [-0.15, -0.1) is 12.4 Å². The van der Waals surface area contributed by atoms with Gasteiger partial charge in [-0.3, -0.25) is 0 Å². The summed E-state index contributed by atoms with van der Waals surface area (Å²) in [6.07, 6.45) is 0.335. The van der Waals surface area contributed by atoms with Gasteiger partial charge in [0, 0.05) is 6.04 Å². The predicted octanol–water partition coefficient (Wildman–Crippen LogP) is 3.18. The molecule has 2 aromatic rings. The van der Waals surface area contributed by atoms with Crippen LogP contribution >= 0.6 is 12.4 Å². The lowest BCUT2D eigenvalue weighted by Crippen LogP contribution is -2.08. The Bertz CT molecular complexity index is 578. The first-order valence-corrected chi connectivity index (χ1v) is 5.45. The van der Waals surface area contributed by atoms with E-state index in [0.717, 1.165) is 22.1 Å². The molecule has 0 aliphatic carbocycles. The van der Waals surface area contributed by atoms with E-state index in [2.05, 4.69) is 6.07 Å². The van der Waals surface area contributed by atoms with Gasteiger partial charge in [-0.25, -0.2) is 0 Å². The molecular formula is C14H15ClN2O. The molecular weight excluding hydrogens is 248 g/mol. The normalized spacial score (nSPS) is 11.4. The number of halogens is 1. The lowest BCUT2D eigenvalue weighted by atomic mass is 10.0. The van der Waals surface area contributed by atoms with Crippen LogP contribution in [0.5, 0.6) is 5.75 Å². The maximum Gasteiger partial charge on any atom is 0.119 e. The average molecular weight is 263 g/mol. The van der Waals surface area contributed by atoms with Crippen molar-refractivity contribution < 1.29 is 4.74 Å². The number of nitrogens with zero attached hydrogens (tertiary/aromatic N) is 1. The molecule has 0 unspecified atom stereocenters. The maximum atomic E-state index is 8.63. The van der Waals surface area contributed by atoms with Crippen molar-refractivity contribution in [1.29, 1.82) is 5.26 Å². The molecule has 0 aromatic heterocycles. The van der Waals surface area contributed by atoms with E-state index in [0.29, 0.717) is 6.42 Å². The fourth-order valence-electron chi connectivity index (χ4n) is 1.82. The van der Waals surface area contributed by atoms with Gasteiger partial charge < -0.3 is 10.5 Å². The number of hydrogen-bond acceptors (Lipinski definition) is 3. The van der Waals surface area contributed by atoms with Crippen LogP contribution in [0.25, 0.3) is 10.8 Å². The Kier molecular flexibility index (Phi) is 4.96. The van der Waals surface area contributed by atoms with Crippen molar-refractivity contribution in [2.45, 2.75) is 12.5 Å². The summed E-state index contributed by atoms with van der Waals surface area (Å²) in [6.45, 7) is 0. The molecule has 0 saturated carbocycles. The standard InChI is InChI=1S/C14H14N2O.ClH/c1-17-13-5-4-10-8-12(14(16)6-7-15)3-2-11(10)9-13;/h2-5,8-9,14H,6,16H2,1H3;1H/t14-;/m1./s1. The van der Waals surface area contributed by atoms with E-state index in [1.807, 2.05) is 36.4 Å². The maximum absolute atomic E-state index is 8.63. The Hall–Kier alpha value is -1.76. The summed E-state index contributed by atoms with van der Waals surface area (Å²) in [5.74, 6) is 0.839. The van der Waals surface area contributed by atoms with Crippen LogP contribution in [0.4, 0.5) is 0 Å². The van der Waals surface area contributed by atoms with Crippen LogP contribution in [0.3, 0.4) is 0 Å². The molecule has 0 aliphatic heterocycles. The van der Waals surface area contributed by atoms with E-state index < -0.39 is 0 Å². The molecule has 1 atom stereocenters. The minimum Gasteiger partial charge on any atom is -0.497 e. The summed E-state index contributed by atoms with van der Waals surface area (Å²) in [5.41, 5.74) is 6.90. The number of methoxy groups -OCH3 is 1. The van der Waals surface area contributed by atoms with E-state index in [1.165, 1.54) is 0 Å². The highest BCUT2D eigenvalue weighted by molar-refractivity contribution is 5.85. The Morgan fingerprint density at radius 2 is 1.89 bits per heavy atom. The third-order valence-corrected chi connectivity index (χ3v) is 2.81. The SMILES string of the molecule is COc1ccc2cc([C@H](N)CC#N)ccc2c1.Cl. The molecule has 4 heteroatoms. The molecule has 0 amide bonds. The number of ether oxygens (including phenoxy) is 1. The molecule has 0 radical (unpaired) electrons. The van der Waals surface area contributed by atoms with Crippen LogP contribution in [-0.2, 0) is 0 Å². The van der Waals surface area contributed by atoms with Gasteiger partial charge in [-0.1, -0.05) is 18.2 Å². The second kappa shape index (κ2) is 6.25. The highest BCUT2D eigenvalue weighted by Crippen LogP contribution is 2.24. The van der Waals surface area contributed by atoms with Gasteiger partial charge in [-0.05, 0) is 34.5 Å². The molecule has 2 aromatic carbocycles.